The van der Waals surface area contributed by atoms with Crippen molar-refractivity contribution in [3.8, 4) is 0 Å². The van der Waals surface area contributed by atoms with Crippen molar-refractivity contribution >= 4 is 17.6 Å². The highest BCUT2D eigenvalue weighted by atomic mass is 16.5. The van der Waals surface area contributed by atoms with Crippen LogP contribution in [-0.4, -0.2) is 36.3 Å². The zero-order valence-corrected chi connectivity index (χ0v) is 8.68. The molecule has 2 heterocycles. The molecular formula is C9H15N5O. The second-order valence-corrected chi connectivity index (χ2v) is 3.60. The normalized spacial score (nSPS) is 20.9. The number of hydrogen-bond acceptors (Lipinski definition) is 6. The van der Waals surface area contributed by atoms with Crippen molar-refractivity contribution < 1.29 is 4.74 Å². The molecular weight excluding hydrogens is 194 g/mol. The first-order chi connectivity index (χ1) is 7.19. The Labute approximate surface area is 88.2 Å². The quantitative estimate of drug-likeness (QED) is 0.705. The van der Waals surface area contributed by atoms with Crippen molar-refractivity contribution in [3.63, 3.8) is 0 Å². The first-order valence-corrected chi connectivity index (χ1v) is 4.87. The lowest BCUT2D eigenvalue weighted by atomic mass is 10.3. The van der Waals surface area contributed by atoms with Gasteiger partial charge in [-0.1, -0.05) is 0 Å². The standard InChI is InChI=1S/C9H15N5O/c1-15-6-2-3-14(5-6)8-4-7(10)12-9(11)13-8/h4,6H,2-3,5H2,1H3,(H4,10,11,12,13). The van der Waals surface area contributed by atoms with E-state index in [9.17, 15) is 0 Å². The van der Waals surface area contributed by atoms with Gasteiger partial charge in [-0.15, -0.1) is 0 Å². The van der Waals surface area contributed by atoms with Crippen LogP contribution < -0.4 is 16.4 Å². The Morgan fingerprint density at radius 3 is 2.87 bits per heavy atom. The summed E-state index contributed by atoms with van der Waals surface area (Å²) >= 11 is 0. The molecule has 0 saturated carbocycles. The number of hydrogen-bond donors (Lipinski definition) is 2. The Bertz CT molecular complexity index is 336. The minimum Gasteiger partial charge on any atom is -0.383 e. The molecule has 2 rings (SSSR count). The van der Waals surface area contributed by atoms with Gasteiger partial charge in [0.05, 0.1) is 6.10 Å². The minimum absolute atomic E-state index is 0.214. The third-order valence-corrected chi connectivity index (χ3v) is 2.55. The summed E-state index contributed by atoms with van der Waals surface area (Å²) in [7, 11) is 1.72. The molecule has 1 aromatic rings. The molecule has 0 amide bonds. The van der Waals surface area contributed by atoms with Crippen LogP contribution in [0.1, 0.15) is 6.42 Å². The van der Waals surface area contributed by atoms with Crippen molar-refractivity contribution in [1.82, 2.24) is 9.97 Å². The number of ether oxygens (including phenoxy) is 1. The van der Waals surface area contributed by atoms with Gasteiger partial charge in [0.25, 0.3) is 0 Å². The summed E-state index contributed by atoms with van der Waals surface area (Å²) in [6.07, 6.45) is 1.27. The van der Waals surface area contributed by atoms with Gasteiger partial charge in [0.2, 0.25) is 5.95 Å². The lowest BCUT2D eigenvalue weighted by Gasteiger charge is -2.17. The molecule has 0 aromatic carbocycles. The van der Waals surface area contributed by atoms with Gasteiger partial charge in [-0.25, -0.2) is 0 Å². The predicted octanol–water partition coefficient (Wildman–Crippen LogP) is -0.134. The third kappa shape index (κ3) is 2.10. The number of methoxy groups -OCH3 is 1. The van der Waals surface area contributed by atoms with Crippen molar-refractivity contribution in [1.29, 1.82) is 0 Å². The molecule has 1 atom stereocenters. The second kappa shape index (κ2) is 3.90. The predicted molar refractivity (Wildman–Crippen MR) is 58.5 cm³/mol. The van der Waals surface area contributed by atoms with E-state index in [1.165, 1.54) is 0 Å². The van der Waals surface area contributed by atoms with E-state index in [2.05, 4.69) is 14.9 Å². The largest absolute Gasteiger partial charge is 0.383 e. The number of nitrogen functional groups attached to an aromatic ring is 2. The highest BCUT2D eigenvalue weighted by molar-refractivity contribution is 5.51. The maximum Gasteiger partial charge on any atom is 0.223 e. The number of nitrogens with two attached hydrogens (primary N) is 2. The maximum atomic E-state index is 5.61. The molecule has 0 bridgehead atoms. The van der Waals surface area contributed by atoms with Gasteiger partial charge < -0.3 is 21.1 Å². The second-order valence-electron chi connectivity index (χ2n) is 3.60. The molecule has 1 fully saturated rings. The lowest BCUT2D eigenvalue weighted by Crippen LogP contribution is -2.23. The van der Waals surface area contributed by atoms with Crippen LogP contribution in [0.5, 0.6) is 0 Å². The van der Waals surface area contributed by atoms with Crippen LogP contribution >= 0.6 is 0 Å². The number of anilines is 3. The fraction of sp³-hybridized carbons (Fsp3) is 0.556. The molecule has 0 spiro atoms. The Kier molecular flexibility index (Phi) is 2.59. The van der Waals surface area contributed by atoms with Crippen LogP contribution in [0.15, 0.2) is 6.07 Å². The summed E-state index contributed by atoms with van der Waals surface area (Å²) in [4.78, 5) is 10.1. The van der Waals surface area contributed by atoms with Crippen LogP contribution in [0, 0.1) is 0 Å². The van der Waals surface area contributed by atoms with E-state index >= 15 is 0 Å². The molecule has 1 saturated heterocycles. The average Bonchev–Trinajstić information content (AvgIpc) is 2.64. The maximum absolute atomic E-state index is 5.61. The zero-order chi connectivity index (χ0) is 10.8. The van der Waals surface area contributed by atoms with Crippen LogP contribution in [-0.2, 0) is 4.74 Å². The number of aromatic nitrogens is 2. The molecule has 6 heteroatoms. The van der Waals surface area contributed by atoms with Gasteiger partial charge in [-0.3, -0.25) is 0 Å². The number of nitrogens with zero attached hydrogens (tertiary/aromatic N) is 3. The first kappa shape index (κ1) is 9.97. The van der Waals surface area contributed by atoms with Gasteiger partial charge in [-0.2, -0.15) is 9.97 Å². The van der Waals surface area contributed by atoms with Gasteiger partial charge in [0, 0.05) is 26.3 Å². The van der Waals surface area contributed by atoms with E-state index in [-0.39, 0.29) is 12.1 Å². The molecule has 82 valence electrons. The van der Waals surface area contributed by atoms with Crippen LogP contribution in [0.2, 0.25) is 0 Å². The fourth-order valence-corrected chi connectivity index (χ4v) is 1.76. The van der Waals surface area contributed by atoms with Crippen LogP contribution in [0.25, 0.3) is 0 Å². The van der Waals surface area contributed by atoms with E-state index in [1.54, 1.807) is 13.2 Å². The van der Waals surface area contributed by atoms with E-state index in [0.29, 0.717) is 5.82 Å². The molecule has 6 nitrogen and oxygen atoms in total. The van der Waals surface area contributed by atoms with Crippen molar-refractivity contribution in [2.75, 3.05) is 36.6 Å². The molecule has 4 N–H and O–H groups in total. The smallest absolute Gasteiger partial charge is 0.223 e. The van der Waals surface area contributed by atoms with Gasteiger partial charge in [0.1, 0.15) is 11.6 Å². The third-order valence-electron chi connectivity index (χ3n) is 2.55. The summed E-state index contributed by atoms with van der Waals surface area (Å²) in [5, 5.41) is 0. The first-order valence-electron chi connectivity index (χ1n) is 4.87. The molecule has 15 heavy (non-hydrogen) atoms. The molecule has 0 aliphatic carbocycles. The lowest BCUT2D eigenvalue weighted by molar-refractivity contribution is 0.121. The highest BCUT2D eigenvalue weighted by Crippen LogP contribution is 2.21. The molecule has 1 aromatic heterocycles. The SMILES string of the molecule is COC1CCN(c2cc(N)nc(N)n2)C1. The molecule has 0 radical (unpaired) electrons. The summed E-state index contributed by atoms with van der Waals surface area (Å²) < 4.78 is 5.28. The van der Waals surface area contributed by atoms with E-state index in [1.807, 2.05) is 0 Å². The van der Waals surface area contributed by atoms with Crippen LogP contribution in [0.3, 0.4) is 0 Å². The highest BCUT2D eigenvalue weighted by Gasteiger charge is 2.23. The van der Waals surface area contributed by atoms with E-state index in [4.69, 9.17) is 16.2 Å². The molecule has 1 aliphatic heterocycles. The topological polar surface area (TPSA) is 90.3 Å². The Morgan fingerprint density at radius 2 is 2.27 bits per heavy atom. The fourth-order valence-electron chi connectivity index (χ4n) is 1.76. The van der Waals surface area contributed by atoms with Gasteiger partial charge in [-0.05, 0) is 6.42 Å². The Morgan fingerprint density at radius 1 is 1.47 bits per heavy atom. The summed E-state index contributed by atoms with van der Waals surface area (Å²) in [5.41, 5.74) is 11.1. The molecule has 1 aliphatic rings. The van der Waals surface area contributed by atoms with Gasteiger partial charge >= 0.3 is 0 Å². The van der Waals surface area contributed by atoms with Crippen LogP contribution in [0.4, 0.5) is 17.6 Å². The summed E-state index contributed by atoms with van der Waals surface area (Å²) in [6.45, 7) is 1.74. The van der Waals surface area contributed by atoms with Crippen molar-refractivity contribution in [2.45, 2.75) is 12.5 Å². The van der Waals surface area contributed by atoms with E-state index < -0.39 is 0 Å². The Balaban J connectivity index is 2.16. The average molecular weight is 209 g/mol. The summed E-state index contributed by atoms with van der Waals surface area (Å²) in [6, 6.07) is 1.73. The number of rotatable bonds is 2. The van der Waals surface area contributed by atoms with Crippen molar-refractivity contribution in [2.24, 2.45) is 0 Å². The Hall–Kier alpha value is -1.56. The van der Waals surface area contributed by atoms with E-state index in [0.717, 1.165) is 25.3 Å². The van der Waals surface area contributed by atoms with Gasteiger partial charge in [0.15, 0.2) is 0 Å². The minimum atomic E-state index is 0.214. The molecule has 1 unspecified atom stereocenters. The zero-order valence-electron chi connectivity index (χ0n) is 8.68. The summed E-state index contributed by atoms with van der Waals surface area (Å²) in [5.74, 6) is 1.39. The van der Waals surface area contributed by atoms with Crippen molar-refractivity contribution in [3.05, 3.63) is 6.07 Å². The monoisotopic (exact) mass is 209 g/mol.